The van der Waals surface area contributed by atoms with Crippen LogP contribution in [0.1, 0.15) is 149 Å². The Hall–Kier alpha value is -2.06. The molecule has 0 aliphatic carbocycles. The Bertz CT molecular complexity index is 1090. The second kappa shape index (κ2) is 37.8. The summed E-state index contributed by atoms with van der Waals surface area (Å²) < 4.78 is 34.9. The number of unbranched alkanes of at least 4 members (excludes halogenated alkanes) is 12. The molecule has 8 nitrogen and oxygen atoms in total. The van der Waals surface area contributed by atoms with E-state index in [4.69, 9.17) is 18.5 Å². The summed E-state index contributed by atoms with van der Waals surface area (Å²) in [5.74, 6) is -0.358. The first-order chi connectivity index (χ1) is 26.1. The summed E-state index contributed by atoms with van der Waals surface area (Å²) in [7, 11) is 1.63. The summed E-state index contributed by atoms with van der Waals surface area (Å²) in [5.41, 5.74) is 0. The maximum absolute atomic E-state index is 12.7. The summed E-state index contributed by atoms with van der Waals surface area (Å²) in [6.45, 7) is 5.42. The van der Waals surface area contributed by atoms with Gasteiger partial charge >= 0.3 is 13.8 Å². The third-order valence-corrected chi connectivity index (χ3v) is 9.52. The lowest BCUT2D eigenvalue weighted by Gasteiger charge is -2.24. The molecule has 0 heterocycles. The van der Waals surface area contributed by atoms with Gasteiger partial charge in [-0.25, -0.2) is 4.57 Å². The fourth-order valence-corrected chi connectivity index (χ4v) is 6.00. The zero-order valence-corrected chi connectivity index (χ0v) is 36.1. The van der Waals surface area contributed by atoms with Gasteiger partial charge in [0, 0.05) is 13.0 Å². The zero-order valence-electron chi connectivity index (χ0n) is 35.2. The van der Waals surface area contributed by atoms with Crippen LogP contribution in [0.5, 0.6) is 0 Å². The molecule has 1 N–H and O–H groups in total. The van der Waals surface area contributed by atoms with Crippen LogP contribution in [0.2, 0.25) is 0 Å². The van der Waals surface area contributed by atoms with Crippen molar-refractivity contribution in [2.75, 3.05) is 54.1 Å². The Morgan fingerprint density at radius 1 is 0.593 bits per heavy atom. The smallest absolute Gasteiger partial charge is 0.457 e. The molecule has 9 heteroatoms. The highest BCUT2D eigenvalue weighted by Crippen LogP contribution is 2.43. The molecule has 0 amide bonds. The van der Waals surface area contributed by atoms with E-state index in [0.29, 0.717) is 24.1 Å². The molecular weight excluding hydrogens is 697 g/mol. The van der Waals surface area contributed by atoms with Crippen LogP contribution in [0.4, 0.5) is 0 Å². The number of hydrogen-bond donors (Lipinski definition) is 1. The van der Waals surface area contributed by atoms with E-state index >= 15 is 0 Å². The average molecular weight is 779 g/mol. The molecule has 2 atom stereocenters. The molecule has 0 saturated heterocycles. The van der Waals surface area contributed by atoms with E-state index in [0.717, 1.165) is 64.2 Å². The first kappa shape index (κ1) is 51.9. The lowest BCUT2D eigenvalue weighted by Crippen LogP contribution is -2.37. The monoisotopic (exact) mass is 779 g/mol. The first-order valence-corrected chi connectivity index (χ1v) is 22.7. The van der Waals surface area contributed by atoms with Crippen LogP contribution in [-0.4, -0.2) is 75.6 Å². The van der Waals surface area contributed by atoms with E-state index in [1.165, 1.54) is 57.8 Å². The maximum atomic E-state index is 12.7. The number of quaternary nitrogens is 1. The number of esters is 1. The second-order valence-electron chi connectivity index (χ2n) is 15.0. The van der Waals surface area contributed by atoms with Crippen molar-refractivity contribution in [3.8, 4) is 0 Å². The van der Waals surface area contributed by atoms with Crippen molar-refractivity contribution in [1.29, 1.82) is 0 Å². The molecule has 0 aliphatic heterocycles. The number of phosphoric acid groups is 1. The van der Waals surface area contributed by atoms with Gasteiger partial charge in [-0.1, -0.05) is 151 Å². The minimum absolute atomic E-state index is 0.0772. The fourth-order valence-electron chi connectivity index (χ4n) is 5.26. The molecule has 0 bridgehead atoms. The molecule has 0 rings (SSSR count). The van der Waals surface area contributed by atoms with Crippen molar-refractivity contribution in [2.24, 2.45) is 0 Å². The topological polar surface area (TPSA) is 91.3 Å². The number of allylic oxidation sites excluding steroid dienone is 12. The van der Waals surface area contributed by atoms with Crippen LogP contribution in [0.3, 0.4) is 0 Å². The van der Waals surface area contributed by atoms with Crippen LogP contribution in [0.25, 0.3) is 0 Å². The Balaban J connectivity index is 4.34. The number of hydrogen-bond acceptors (Lipinski definition) is 6. The lowest BCUT2D eigenvalue weighted by molar-refractivity contribution is -0.870. The van der Waals surface area contributed by atoms with E-state index in [-0.39, 0.29) is 32.2 Å². The van der Waals surface area contributed by atoms with Gasteiger partial charge in [0.05, 0.1) is 34.4 Å². The summed E-state index contributed by atoms with van der Waals surface area (Å²) in [4.78, 5) is 22.8. The normalized spacial score (nSPS) is 14.6. The third kappa shape index (κ3) is 41.1. The van der Waals surface area contributed by atoms with Gasteiger partial charge in [-0.05, 0) is 64.2 Å². The molecule has 2 unspecified atom stereocenters. The first-order valence-electron chi connectivity index (χ1n) is 21.2. The van der Waals surface area contributed by atoms with E-state index in [1.807, 2.05) is 21.1 Å². The highest BCUT2D eigenvalue weighted by Gasteiger charge is 2.26. The van der Waals surface area contributed by atoms with Crippen LogP contribution in [-0.2, 0) is 27.9 Å². The van der Waals surface area contributed by atoms with Gasteiger partial charge in [-0.2, -0.15) is 0 Å². The SMILES string of the molecule is CC/C=C\C/C=C\C/C=C\C/C=C\C/C=C\C/C=C\CCCCC(=O)OC(COCCCCCCCCCCCCC)COP(=O)(O)OCC[N+](C)(C)C. The standard InChI is InChI=1S/C45H80NO7P/c1-6-8-10-12-14-16-18-19-20-21-22-23-24-25-26-27-28-30-32-34-36-38-45(47)53-44(43-52-54(48,49)51-41-39-46(3,4)5)42-50-40-37-35-33-31-29-17-15-13-11-9-7-2/h8,10,14,16,19-20,22-23,25-26,28,30,44H,6-7,9,11-13,15,17-18,21,24,27,29,31-43H2,1-5H3/p+1/b10-8-,16-14-,20-19-,23-22-,26-25-,30-28-. The van der Waals surface area contributed by atoms with Gasteiger partial charge in [0.25, 0.3) is 0 Å². The number of phosphoric ester groups is 1. The molecule has 0 spiro atoms. The quantitative estimate of drug-likeness (QED) is 0.0219. The highest BCUT2D eigenvalue weighted by molar-refractivity contribution is 7.47. The van der Waals surface area contributed by atoms with Crippen LogP contribution in [0, 0.1) is 0 Å². The molecule has 0 saturated carbocycles. The van der Waals surface area contributed by atoms with Gasteiger partial charge in [0.2, 0.25) is 0 Å². The third-order valence-electron chi connectivity index (χ3n) is 8.53. The molecule has 0 fully saturated rings. The van der Waals surface area contributed by atoms with Gasteiger partial charge in [-0.15, -0.1) is 0 Å². The molecule has 0 aliphatic rings. The second-order valence-corrected chi connectivity index (χ2v) is 16.4. The summed E-state index contributed by atoms with van der Waals surface area (Å²) >= 11 is 0. The Morgan fingerprint density at radius 2 is 1.07 bits per heavy atom. The summed E-state index contributed by atoms with van der Waals surface area (Å²) in [6, 6.07) is 0. The van der Waals surface area contributed by atoms with Crippen LogP contribution in [0.15, 0.2) is 72.9 Å². The Labute approximate surface area is 332 Å². The molecule has 0 aromatic rings. The van der Waals surface area contributed by atoms with E-state index in [1.54, 1.807) is 0 Å². The predicted molar refractivity (Wildman–Crippen MR) is 228 cm³/mol. The maximum Gasteiger partial charge on any atom is 0.472 e. The van der Waals surface area contributed by atoms with Crippen molar-refractivity contribution >= 4 is 13.8 Å². The molecule has 54 heavy (non-hydrogen) atoms. The van der Waals surface area contributed by atoms with Crippen molar-refractivity contribution in [3.05, 3.63) is 72.9 Å². The molecule has 312 valence electrons. The Kier molecular flexibility index (Phi) is 36.4. The van der Waals surface area contributed by atoms with Crippen molar-refractivity contribution in [3.63, 3.8) is 0 Å². The van der Waals surface area contributed by atoms with Crippen LogP contribution >= 0.6 is 7.82 Å². The summed E-state index contributed by atoms with van der Waals surface area (Å²) in [5, 5.41) is 0. The molecule has 0 aromatic heterocycles. The highest BCUT2D eigenvalue weighted by atomic mass is 31.2. The predicted octanol–water partition coefficient (Wildman–Crippen LogP) is 12.3. The van der Waals surface area contributed by atoms with E-state index in [2.05, 4.69) is 86.8 Å². The zero-order chi connectivity index (χ0) is 39.9. The van der Waals surface area contributed by atoms with Gasteiger partial charge in [-0.3, -0.25) is 13.8 Å². The minimum Gasteiger partial charge on any atom is -0.457 e. The molecule has 0 aromatic carbocycles. The molecular formula is C45H81NO7P+. The van der Waals surface area contributed by atoms with E-state index < -0.39 is 13.9 Å². The van der Waals surface area contributed by atoms with Crippen LogP contribution < -0.4 is 0 Å². The Morgan fingerprint density at radius 3 is 1.57 bits per heavy atom. The van der Waals surface area contributed by atoms with Crippen molar-refractivity contribution in [1.82, 2.24) is 0 Å². The molecule has 0 radical (unpaired) electrons. The van der Waals surface area contributed by atoms with Gasteiger partial charge in [0.1, 0.15) is 19.3 Å². The van der Waals surface area contributed by atoms with Crippen molar-refractivity contribution in [2.45, 2.75) is 155 Å². The van der Waals surface area contributed by atoms with Crippen molar-refractivity contribution < 1.29 is 37.3 Å². The number of carbonyl (C=O) groups excluding carboxylic acids is 1. The van der Waals surface area contributed by atoms with E-state index in [9.17, 15) is 14.3 Å². The minimum atomic E-state index is -4.29. The van der Waals surface area contributed by atoms with Gasteiger partial charge in [0.15, 0.2) is 0 Å². The number of ether oxygens (including phenoxy) is 2. The largest absolute Gasteiger partial charge is 0.472 e. The number of rotatable bonds is 38. The fraction of sp³-hybridized carbons (Fsp3) is 0.711. The number of carbonyl (C=O) groups is 1. The number of likely N-dealkylation sites (N-methyl/N-ethyl adjacent to an activating group) is 1. The lowest BCUT2D eigenvalue weighted by atomic mass is 10.1. The average Bonchev–Trinajstić information content (AvgIpc) is 3.12. The number of nitrogens with zero attached hydrogens (tertiary/aromatic N) is 1. The summed E-state index contributed by atoms with van der Waals surface area (Å²) in [6.07, 6.45) is 47.9. The van der Waals surface area contributed by atoms with Gasteiger partial charge < -0.3 is 18.9 Å².